The fourth-order valence-electron chi connectivity index (χ4n) is 3.71. The quantitative estimate of drug-likeness (QED) is 0.245. The summed E-state index contributed by atoms with van der Waals surface area (Å²) in [6.07, 6.45) is 1.76. The van der Waals surface area contributed by atoms with Crippen molar-refractivity contribution in [2.24, 2.45) is 0 Å². The number of amides is 1. The number of anilines is 1. The van der Waals surface area contributed by atoms with Crippen LogP contribution in [0.5, 0.6) is 5.75 Å². The standard InChI is InChI=1S/C28H26N2O3S2/c1-28(2,25(31)19-8-6-5-7-9-19)33-23-15-12-20(18-10-13-22(14-11-18)30(3)4)16-21(23)17-24-26(32)29-27(34)35-24/h5-17H,1-4H3,(H,29,32,34)/b24-17-. The topological polar surface area (TPSA) is 58.6 Å². The van der Waals surface area contributed by atoms with E-state index in [-0.39, 0.29) is 11.7 Å². The van der Waals surface area contributed by atoms with E-state index < -0.39 is 5.60 Å². The van der Waals surface area contributed by atoms with E-state index in [0.717, 1.165) is 16.8 Å². The molecule has 4 rings (SSSR count). The van der Waals surface area contributed by atoms with Crippen LogP contribution >= 0.6 is 24.0 Å². The van der Waals surface area contributed by atoms with Gasteiger partial charge < -0.3 is 15.0 Å². The first-order valence-corrected chi connectivity index (χ1v) is 12.3. The summed E-state index contributed by atoms with van der Waals surface area (Å²) in [7, 11) is 4.00. The predicted molar refractivity (Wildman–Crippen MR) is 148 cm³/mol. The van der Waals surface area contributed by atoms with Crippen molar-refractivity contribution in [1.82, 2.24) is 5.32 Å². The Kier molecular flexibility index (Phi) is 7.10. The maximum Gasteiger partial charge on any atom is 0.263 e. The Morgan fingerprint density at radius 3 is 2.26 bits per heavy atom. The molecule has 7 heteroatoms. The summed E-state index contributed by atoms with van der Waals surface area (Å²) in [5.41, 5.74) is 3.24. The molecule has 1 N–H and O–H groups in total. The van der Waals surface area contributed by atoms with Crippen LogP contribution in [0.3, 0.4) is 0 Å². The van der Waals surface area contributed by atoms with Gasteiger partial charge in [-0.05, 0) is 55.3 Å². The summed E-state index contributed by atoms with van der Waals surface area (Å²) in [5, 5.41) is 2.65. The fraction of sp³-hybridized carbons (Fsp3) is 0.179. The Balaban J connectivity index is 1.73. The van der Waals surface area contributed by atoms with Gasteiger partial charge in [0.05, 0.1) is 4.91 Å². The van der Waals surface area contributed by atoms with Crippen molar-refractivity contribution in [2.45, 2.75) is 19.4 Å². The van der Waals surface area contributed by atoms with Crippen LogP contribution < -0.4 is 15.0 Å². The molecular formula is C28H26N2O3S2. The molecule has 0 unspecified atom stereocenters. The Morgan fingerprint density at radius 1 is 1.00 bits per heavy atom. The number of carbonyl (C=O) groups excluding carboxylic acids is 2. The minimum atomic E-state index is -1.12. The van der Waals surface area contributed by atoms with Crippen LogP contribution in [0.2, 0.25) is 0 Å². The zero-order valence-electron chi connectivity index (χ0n) is 20.0. The lowest BCUT2D eigenvalue weighted by molar-refractivity contribution is -0.115. The summed E-state index contributed by atoms with van der Waals surface area (Å²) in [4.78, 5) is 28.0. The highest BCUT2D eigenvalue weighted by molar-refractivity contribution is 8.26. The molecule has 3 aromatic rings. The number of nitrogens with one attached hydrogen (secondary N) is 1. The largest absolute Gasteiger partial charge is 0.479 e. The minimum absolute atomic E-state index is 0.130. The van der Waals surface area contributed by atoms with Crippen molar-refractivity contribution in [3.63, 3.8) is 0 Å². The van der Waals surface area contributed by atoms with Crippen LogP contribution in [-0.4, -0.2) is 35.7 Å². The maximum atomic E-state index is 13.2. The van der Waals surface area contributed by atoms with Gasteiger partial charge in [-0.1, -0.05) is 72.5 Å². The first-order chi connectivity index (χ1) is 16.6. The van der Waals surface area contributed by atoms with Gasteiger partial charge in [-0.2, -0.15) is 0 Å². The van der Waals surface area contributed by atoms with Crippen LogP contribution in [0.1, 0.15) is 29.8 Å². The van der Waals surface area contributed by atoms with Gasteiger partial charge >= 0.3 is 0 Å². The fourth-order valence-corrected chi connectivity index (χ4v) is 4.74. The summed E-state index contributed by atoms with van der Waals surface area (Å²) in [5.74, 6) is 0.132. The molecule has 0 atom stereocenters. The third-order valence-corrected chi connectivity index (χ3v) is 6.77. The van der Waals surface area contributed by atoms with Crippen LogP contribution in [0.25, 0.3) is 17.2 Å². The van der Waals surface area contributed by atoms with E-state index in [1.165, 1.54) is 11.8 Å². The predicted octanol–water partition coefficient (Wildman–Crippen LogP) is 5.95. The summed E-state index contributed by atoms with van der Waals surface area (Å²) in [6.45, 7) is 3.50. The molecule has 178 valence electrons. The van der Waals surface area contributed by atoms with Gasteiger partial charge in [-0.25, -0.2) is 0 Å². The zero-order valence-corrected chi connectivity index (χ0v) is 21.6. The number of nitrogens with zero attached hydrogens (tertiary/aromatic N) is 1. The molecule has 0 radical (unpaired) electrons. The van der Waals surface area contributed by atoms with Crippen molar-refractivity contribution < 1.29 is 14.3 Å². The van der Waals surface area contributed by atoms with Crippen LogP contribution in [0.4, 0.5) is 5.69 Å². The Morgan fingerprint density at radius 2 is 1.66 bits per heavy atom. The zero-order chi connectivity index (χ0) is 25.2. The van der Waals surface area contributed by atoms with E-state index >= 15 is 0 Å². The molecule has 1 aliphatic rings. The van der Waals surface area contributed by atoms with E-state index in [4.69, 9.17) is 17.0 Å². The van der Waals surface area contributed by atoms with Gasteiger partial charge in [0.15, 0.2) is 5.60 Å². The number of thiocarbonyl (C=S) groups is 1. The number of hydrogen-bond donors (Lipinski definition) is 1. The molecule has 0 bridgehead atoms. The molecule has 1 amide bonds. The van der Waals surface area contributed by atoms with Crippen molar-refractivity contribution >= 4 is 51.8 Å². The number of ketones is 1. The second kappa shape index (κ2) is 10.1. The number of carbonyl (C=O) groups is 2. The second-order valence-electron chi connectivity index (χ2n) is 8.85. The number of thioether (sulfide) groups is 1. The SMILES string of the molecule is CN(C)c1ccc(-c2ccc(OC(C)(C)C(=O)c3ccccc3)c(/C=C3\SC(=S)NC3=O)c2)cc1. The molecule has 1 saturated heterocycles. The monoisotopic (exact) mass is 502 g/mol. The molecule has 5 nitrogen and oxygen atoms in total. The second-order valence-corrected chi connectivity index (χ2v) is 10.6. The highest BCUT2D eigenvalue weighted by Crippen LogP contribution is 2.35. The number of hydrogen-bond acceptors (Lipinski definition) is 6. The smallest absolute Gasteiger partial charge is 0.263 e. The van der Waals surface area contributed by atoms with Gasteiger partial charge in [0.1, 0.15) is 10.1 Å². The molecule has 1 aliphatic heterocycles. The number of benzene rings is 3. The number of rotatable bonds is 7. The molecule has 0 aromatic heterocycles. The Hall–Kier alpha value is -3.42. The van der Waals surface area contributed by atoms with Crippen LogP contribution in [0.15, 0.2) is 77.7 Å². The van der Waals surface area contributed by atoms with Crippen LogP contribution in [-0.2, 0) is 4.79 Å². The third kappa shape index (κ3) is 5.63. The van der Waals surface area contributed by atoms with Crippen molar-refractivity contribution in [2.75, 3.05) is 19.0 Å². The summed E-state index contributed by atoms with van der Waals surface area (Å²) >= 11 is 6.35. The van der Waals surface area contributed by atoms with Gasteiger partial charge in [0.25, 0.3) is 5.91 Å². The number of Topliss-reactive ketones (excluding diaryl/α,β-unsaturated/α-hetero) is 1. The van der Waals surface area contributed by atoms with Gasteiger partial charge in [-0.3, -0.25) is 9.59 Å². The van der Waals surface area contributed by atoms with E-state index in [1.54, 1.807) is 32.1 Å². The Labute approximate surface area is 215 Å². The van der Waals surface area contributed by atoms with Crippen molar-refractivity contribution in [3.8, 4) is 16.9 Å². The van der Waals surface area contributed by atoms with E-state index in [1.807, 2.05) is 55.4 Å². The Bertz CT molecular complexity index is 1310. The summed E-state index contributed by atoms with van der Waals surface area (Å²) in [6, 6.07) is 23.1. The van der Waals surface area contributed by atoms with E-state index in [0.29, 0.717) is 26.1 Å². The van der Waals surface area contributed by atoms with Crippen LogP contribution in [0, 0.1) is 0 Å². The van der Waals surface area contributed by atoms with Gasteiger partial charge in [-0.15, -0.1) is 0 Å². The maximum absolute atomic E-state index is 13.2. The molecule has 3 aromatic carbocycles. The first kappa shape index (κ1) is 24.7. The lowest BCUT2D eigenvalue weighted by atomic mass is 9.96. The minimum Gasteiger partial charge on any atom is -0.479 e. The van der Waals surface area contributed by atoms with Crippen molar-refractivity contribution in [1.29, 1.82) is 0 Å². The molecule has 0 spiro atoms. The highest BCUT2D eigenvalue weighted by atomic mass is 32.2. The average Bonchev–Trinajstić information content (AvgIpc) is 3.16. The molecule has 0 saturated carbocycles. The molecule has 1 fully saturated rings. The van der Waals surface area contributed by atoms with Gasteiger partial charge in [0, 0.05) is 30.9 Å². The van der Waals surface area contributed by atoms with E-state index in [2.05, 4.69) is 29.6 Å². The van der Waals surface area contributed by atoms with E-state index in [9.17, 15) is 9.59 Å². The molecule has 1 heterocycles. The lowest BCUT2D eigenvalue weighted by Gasteiger charge is -2.26. The lowest BCUT2D eigenvalue weighted by Crippen LogP contribution is -2.38. The molecule has 0 aliphatic carbocycles. The average molecular weight is 503 g/mol. The first-order valence-electron chi connectivity index (χ1n) is 11.1. The third-order valence-electron chi connectivity index (χ3n) is 5.60. The normalized spacial score (nSPS) is 14.7. The molecule has 35 heavy (non-hydrogen) atoms. The van der Waals surface area contributed by atoms with Gasteiger partial charge in [0.2, 0.25) is 5.78 Å². The van der Waals surface area contributed by atoms with Crippen molar-refractivity contribution in [3.05, 3.63) is 88.8 Å². The molecular weight excluding hydrogens is 476 g/mol. The number of ether oxygens (including phenoxy) is 1. The highest BCUT2D eigenvalue weighted by Gasteiger charge is 2.32. The summed E-state index contributed by atoms with van der Waals surface area (Å²) < 4.78 is 6.70.